The van der Waals surface area contributed by atoms with Gasteiger partial charge in [-0.25, -0.2) is 23.1 Å². The highest BCUT2D eigenvalue weighted by Gasteiger charge is 2.41. The van der Waals surface area contributed by atoms with Crippen molar-refractivity contribution in [1.82, 2.24) is 20.2 Å². The van der Waals surface area contributed by atoms with Crippen LogP contribution in [0, 0.1) is 23.0 Å². The van der Waals surface area contributed by atoms with Gasteiger partial charge < -0.3 is 16.0 Å². The molecular formula is C34H35ClF3N7S. The van der Waals surface area contributed by atoms with Crippen molar-refractivity contribution in [3.8, 4) is 17.2 Å². The Hall–Kier alpha value is -3.17. The lowest BCUT2D eigenvalue weighted by Gasteiger charge is -2.36. The number of aromatic nitrogens is 2. The van der Waals surface area contributed by atoms with Gasteiger partial charge in [0.05, 0.1) is 20.7 Å². The van der Waals surface area contributed by atoms with Crippen LogP contribution in [0.5, 0.6) is 0 Å². The van der Waals surface area contributed by atoms with Crippen LogP contribution in [0.2, 0.25) is 5.02 Å². The van der Waals surface area contributed by atoms with Crippen molar-refractivity contribution < 1.29 is 13.2 Å². The third-order valence-corrected chi connectivity index (χ3v) is 12.1. The van der Waals surface area contributed by atoms with E-state index in [2.05, 4.69) is 26.2 Å². The number of nitrogens with zero attached hydrogens (tertiary/aromatic N) is 5. The molecule has 0 saturated carbocycles. The molecule has 4 aromatic rings. The van der Waals surface area contributed by atoms with Gasteiger partial charge >= 0.3 is 0 Å². The van der Waals surface area contributed by atoms with Crippen molar-refractivity contribution in [3.63, 3.8) is 0 Å². The highest BCUT2D eigenvalue weighted by atomic mass is 35.5. The number of piperidine rings is 1. The van der Waals surface area contributed by atoms with E-state index in [1.54, 1.807) is 0 Å². The summed E-state index contributed by atoms with van der Waals surface area (Å²) in [7, 11) is 0. The van der Waals surface area contributed by atoms with Gasteiger partial charge in [0.2, 0.25) is 0 Å². The Bertz CT molecular complexity index is 1900. The largest absolute Gasteiger partial charge is 0.389 e. The summed E-state index contributed by atoms with van der Waals surface area (Å²) in [5.74, 6) is 0.211. The van der Waals surface area contributed by atoms with Crippen molar-refractivity contribution in [2.24, 2.45) is 0 Å². The third-order valence-electron chi connectivity index (χ3n) is 10.6. The Morgan fingerprint density at radius 1 is 1.11 bits per heavy atom. The van der Waals surface area contributed by atoms with E-state index >= 15 is 4.39 Å². The summed E-state index contributed by atoms with van der Waals surface area (Å²) in [6.07, 6.45) is 7.72. The van der Waals surface area contributed by atoms with E-state index in [-0.39, 0.29) is 42.8 Å². The summed E-state index contributed by atoms with van der Waals surface area (Å²) in [5.41, 5.74) is 7.64. The molecule has 12 heteroatoms. The number of hydrogen-bond donors (Lipinski definition) is 2. The number of aryl methyl sites for hydroxylation is 1. The standard InChI is InChI=1S/C27H23ClF2N6S.C7H12FN/c1-2-18-34-24-21-16(10-36(27(21)35-18)13-7-11-3-4-12(8-13)33-11)22(28)20(23(24)30)14-5-6-17(29)25-19(14)15(9-31)26(32)37-25;8-6-4-7-2-1-3-9(7)5-6/h5-6,11-13,33H,2-4,7-8,10,32H2,1H3;6-7H,1-5H2. The first-order valence-electron chi connectivity index (χ1n) is 16.3. The lowest BCUT2D eigenvalue weighted by Crippen LogP contribution is -2.47. The van der Waals surface area contributed by atoms with E-state index in [1.807, 2.05) is 6.92 Å². The van der Waals surface area contributed by atoms with E-state index in [4.69, 9.17) is 22.3 Å². The average Bonchev–Trinajstić information content (AvgIpc) is 3.86. The SMILES string of the molecule is CCc1nc2c3c(c(Cl)c(-c4ccc(F)c5sc(N)c(C#N)c45)c(F)c3n1)CN2C1CC2CCC(C1)N2.FC1CC2CCCN2C1. The number of benzene rings is 2. The minimum Gasteiger partial charge on any atom is -0.389 e. The number of fused-ring (bicyclic) bond motifs is 4. The van der Waals surface area contributed by atoms with E-state index in [0.717, 1.165) is 48.5 Å². The van der Waals surface area contributed by atoms with Crippen LogP contribution in [0.4, 0.5) is 24.0 Å². The summed E-state index contributed by atoms with van der Waals surface area (Å²) in [4.78, 5) is 14.0. The number of hydrogen-bond acceptors (Lipinski definition) is 8. The Morgan fingerprint density at radius 3 is 2.61 bits per heavy atom. The molecule has 4 fully saturated rings. The van der Waals surface area contributed by atoms with Gasteiger partial charge in [0.15, 0.2) is 5.82 Å². The predicted molar refractivity (Wildman–Crippen MR) is 177 cm³/mol. The molecule has 0 spiro atoms. The van der Waals surface area contributed by atoms with Crippen LogP contribution in [0.3, 0.4) is 0 Å². The molecule has 240 valence electrons. The van der Waals surface area contributed by atoms with Gasteiger partial charge in [0, 0.05) is 60.2 Å². The molecule has 2 aromatic carbocycles. The molecule has 2 bridgehead atoms. The first kappa shape index (κ1) is 30.2. The fourth-order valence-electron chi connectivity index (χ4n) is 8.52. The lowest BCUT2D eigenvalue weighted by atomic mass is 9.95. The van der Waals surface area contributed by atoms with Crippen molar-refractivity contribution in [3.05, 3.63) is 45.7 Å². The minimum atomic E-state index is -0.587. The third kappa shape index (κ3) is 4.75. The van der Waals surface area contributed by atoms with Crippen molar-refractivity contribution >= 4 is 54.7 Å². The van der Waals surface area contributed by atoms with Gasteiger partial charge in [-0.1, -0.05) is 24.6 Å². The van der Waals surface area contributed by atoms with Crippen molar-refractivity contribution in [2.75, 3.05) is 23.7 Å². The monoisotopic (exact) mass is 665 g/mol. The van der Waals surface area contributed by atoms with E-state index in [9.17, 15) is 14.0 Å². The number of halogens is 4. The predicted octanol–water partition coefficient (Wildman–Crippen LogP) is 7.25. The number of nitriles is 1. The molecule has 4 atom stereocenters. The molecule has 9 rings (SSSR count). The molecule has 0 amide bonds. The summed E-state index contributed by atoms with van der Waals surface area (Å²) in [6.45, 7) is 4.31. The molecule has 0 radical (unpaired) electrons. The normalized spacial score (nSPS) is 26.5. The Balaban J connectivity index is 0.000000297. The zero-order valence-corrected chi connectivity index (χ0v) is 27.1. The number of anilines is 2. The van der Waals surface area contributed by atoms with Crippen LogP contribution in [-0.4, -0.2) is 58.3 Å². The summed E-state index contributed by atoms with van der Waals surface area (Å²) >= 11 is 7.99. The maximum absolute atomic E-state index is 16.5. The van der Waals surface area contributed by atoms with Gasteiger partial charge in [-0.15, -0.1) is 11.3 Å². The van der Waals surface area contributed by atoms with E-state index in [1.165, 1.54) is 37.8 Å². The molecule has 5 aliphatic rings. The number of alkyl halides is 1. The molecule has 4 saturated heterocycles. The van der Waals surface area contributed by atoms with Crippen LogP contribution in [0.1, 0.15) is 68.8 Å². The van der Waals surface area contributed by atoms with Gasteiger partial charge in [-0.05, 0) is 63.1 Å². The Morgan fingerprint density at radius 2 is 1.89 bits per heavy atom. The van der Waals surface area contributed by atoms with Crippen molar-refractivity contribution in [2.45, 2.75) is 95.2 Å². The second kappa shape index (κ2) is 11.5. The Kier molecular flexibility index (Phi) is 7.55. The first-order valence-corrected chi connectivity index (χ1v) is 17.5. The second-order valence-corrected chi connectivity index (χ2v) is 14.7. The highest BCUT2D eigenvalue weighted by molar-refractivity contribution is 7.23. The molecule has 5 aliphatic heterocycles. The minimum absolute atomic E-state index is 0.127. The summed E-state index contributed by atoms with van der Waals surface area (Å²) in [6, 6.07) is 6.67. The van der Waals surface area contributed by atoms with Crippen LogP contribution >= 0.6 is 22.9 Å². The number of rotatable bonds is 3. The van der Waals surface area contributed by atoms with Crippen molar-refractivity contribution in [1.29, 1.82) is 5.26 Å². The molecular weight excluding hydrogens is 631 g/mol. The molecule has 2 aromatic heterocycles. The maximum atomic E-state index is 16.5. The molecule has 3 N–H and O–H groups in total. The van der Waals surface area contributed by atoms with Gasteiger partial charge in [-0.2, -0.15) is 5.26 Å². The molecule has 7 nitrogen and oxygen atoms in total. The molecule has 7 heterocycles. The first-order chi connectivity index (χ1) is 22.2. The fraction of sp³-hybridized carbons (Fsp3) is 0.500. The van der Waals surface area contributed by atoms with Crippen LogP contribution in [-0.2, 0) is 13.0 Å². The fourth-order valence-corrected chi connectivity index (χ4v) is 9.81. The summed E-state index contributed by atoms with van der Waals surface area (Å²) in [5, 5.41) is 14.8. The maximum Gasteiger partial charge on any atom is 0.158 e. The van der Waals surface area contributed by atoms with Gasteiger partial charge in [-0.3, -0.25) is 4.90 Å². The quantitative estimate of drug-likeness (QED) is 0.238. The molecule has 0 aliphatic carbocycles. The number of thiophene rings is 1. The summed E-state index contributed by atoms with van der Waals surface area (Å²) < 4.78 is 44.0. The number of nitrogens with one attached hydrogen (secondary N) is 1. The number of nitrogens with two attached hydrogens (primary N) is 1. The number of nitrogen functional groups attached to an aromatic ring is 1. The molecule has 46 heavy (non-hydrogen) atoms. The lowest BCUT2D eigenvalue weighted by molar-refractivity contribution is 0.292. The topological polar surface area (TPSA) is 94.1 Å². The second-order valence-electron chi connectivity index (χ2n) is 13.3. The van der Waals surface area contributed by atoms with Crippen LogP contribution < -0.4 is 16.0 Å². The van der Waals surface area contributed by atoms with Gasteiger partial charge in [0.25, 0.3) is 0 Å². The van der Waals surface area contributed by atoms with Gasteiger partial charge in [0.1, 0.15) is 40.2 Å². The van der Waals surface area contributed by atoms with Crippen LogP contribution in [0.15, 0.2) is 12.1 Å². The average molecular weight is 666 g/mol. The van der Waals surface area contributed by atoms with Crippen LogP contribution in [0.25, 0.3) is 32.1 Å². The molecule has 4 unspecified atom stereocenters. The highest BCUT2D eigenvalue weighted by Crippen LogP contribution is 2.50. The zero-order valence-electron chi connectivity index (χ0n) is 25.6. The van der Waals surface area contributed by atoms with E-state index < -0.39 is 17.8 Å². The van der Waals surface area contributed by atoms with E-state index in [0.29, 0.717) is 54.4 Å². The zero-order chi connectivity index (χ0) is 31.9. The smallest absolute Gasteiger partial charge is 0.158 e. The Labute approximate surface area is 274 Å².